The van der Waals surface area contributed by atoms with Gasteiger partial charge in [-0.2, -0.15) is 0 Å². The molecule has 0 saturated carbocycles. The molecule has 1 heteroatoms. The van der Waals surface area contributed by atoms with E-state index in [0.29, 0.717) is 0 Å². The highest BCUT2D eigenvalue weighted by molar-refractivity contribution is 7.26. The summed E-state index contributed by atoms with van der Waals surface area (Å²) >= 11 is 1.90. The average Bonchev–Trinajstić information content (AvgIpc) is 3.16. The van der Waals surface area contributed by atoms with Crippen LogP contribution in [0.25, 0.3) is 63.3 Å². The molecule has 0 saturated heterocycles. The predicted molar refractivity (Wildman–Crippen MR) is 129 cm³/mol. The molecule has 0 unspecified atom stereocenters. The summed E-state index contributed by atoms with van der Waals surface area (Å²) in [7, 11) is 0. The van der Waals surface area contributed by atoms with Crippen LogP contribution < -0.4 is 0 Å². The molecule has 1 aromatic heterocycles. The Morgan fingerprint density at radius 3 is 1.24 bits per heavy atom. The quantitative estimate of drug-likeness (QED) is 0.229. The van der Waals surface area contributed by atoms with Gasteiger partial charge in [0.25, 0.3) is 0 Å². The minimum atomic E-state index is 1.30. The number of hydrogen-bond acceptors (Lipinski definition) is 1. The number of thiophene rings is 1. The molecule has 0 N–H and O–H groups in total. The van der Waals surface area contributed by atoms with Crippen LogP contribution in [0.1, 0.15) is 0 Å². The molecule has 134 valence electrons. The second kappa shape index (κ2) is 5.56. The normalized spacial score (nSPS) is 12.1. The lowest BCUT2D eigenvalue weighted by Crippen LogP contribution is -1.80. The third-order valence-corrected chi connectivity index (χ3v) is 7.29. The van der Waals surface area contributed by atoms with Gasteiger partial charge >= 0.3 is 0 Å². The van der Waals surface area contributed by atoms with E-state index in [1.54, 1.807) is 0 Å². The Kier molecular flexibility index (Phi) is 2.97. The van der Waals surface area contributed by atoms with Crippen molar-refractivity contribution >= 4 is 74.6 Å². The van der Waals surface area contributed by atoms with Gasteiger partial charge in [-0.3, -0.25) is 0 Å². The van der Waals surface area contributed by atoms with Crippen LogP contribution in [0.4, 0.5) is 0 Å². The van der Waals surface area contributed by atoms with Crippen LogP contribution in [0.2, 0.25) is 0 Å². The fraction of sp³-hybridized carbons (Fsp3) is 0. The second-order valence-electron chi connectivity index (χ2n) is 7.82. The fourth-order valence-electron chi connectivity index (χ4n) is 4.79. The molecular weight excluding hydrogens is 368 g/mol. The van der Waals surface area contributed by atoms with Gasteiger partial charge in [0.05, 0.1) is 0 Å². The number of rotatable bonds is 0. The molecule has 7 rings (SSSR count). The van der Waals surface area contributed by atoms with Crippen molar-refractivity contribution in [2.24, 2.45) is 0 Å². The monoisotopic (exact) mass is 384 g/mol. The molecule has 0 fully saturated rings. The highest BCUT2D eigenvalue weighted by Crippen LogP contribution is 2.43. The van der Waals surface area contributed by atoms with E-state index in [4.69, 9.17) is 0 Å². The second-order valence-corrected chi connectivity index (χ2v) is 8.90. The summed E-state index contributed by atoms with van der Waals surface area (Å²) in [5.41, 5.74) is 0. The molecule has 0 amide bonds. The molecule has 6 aromatic carbocycles. The Labute approximate surface area is 171 Å². The lowest BCUT2D eigenvalue weighted by Gasteiger charge is -2.07. The topological polar surface area (TPSA) is 0 Å². The summed E-state index contributed by atoms with van der Waals surface area (Å²) in [6, 6.07) is 35.9. The van der Waals surface area contributed by atoms with Crippen molar-refractivity contribution in [3.05, 3.63) is 97.1 Å². The molecule has 0 aliphatic carbocycles. The van der Waals surface area contributed by atoms with Gasteiger partial charge in [-0.1, -0.05) is 60.7 Å². The highest BCUT2D eigenvalue weighted by atomic mass is 32.1. The van der Waals surface area contributed by atoms with E-state index in [2.05, 4.69) is 97.1 Å². The van der Waals surface area contributed by atoms with Crippen LogP contribution in [0.5, 0.6) is 0 Å². The van der Waals surface area contributed by atoms with Crippen LogP contribution in [-0.2, 0) is 0 Å². The first-order valence-electron chi connectivity index (χ1n) is 9.94. The molecule has 29 heavy (non-hydrogen) atoms. The average molecular weight is 385 g/mol. The highest BCUT2D eigenvalue weighted by Gasteiger charge is 2.13. The van der Waals surface area contributed by atoms with Crippen LogP contribution in [-0.4, -0.2) is 0 Å². The Hall–Kier alpha value is -3.42. The van der Waals surface area contributed by atoms with Gasteiger partial charge in [0, 0.05) is 20.2 Å². The first kappa shape index (κ1) is 15.5. The van der Waals surface area contributed by atoms with Gasteiger partial charge in [0.1, 0.15) is 0 Å². The third-order valence-electron chi connectivity index (χ3n) is 6.17. The fourth-order valence-corrected chi connectivity index (χ4v) is 5.93. The maximum absolute atomic E-state index is 2.37. The van der Waals surface area contributed by atoms with E-state index in [-0.39, 0.29) is 0 Å². The van der Waals surface area contributed by atoms with E-state index >= 15 is 0 Å². The molecular formula is C28H16S. The summed E-state index contributed by atoms with van der Waals surface area (Å²) in [5.74, 6) is 0. The van der Waals surface area contributed by atoms with Crippen LogP contribution >= 0.6 is 11.3 Å². The summed E-state index contributed by atoms with van der Waals surface area (Å²) in [6.45, 7) is 0. The molecule has 0 aliphatic rings. The standard InChI is InChI=1S/C28H16S/c1-3-7-19-15-23-21(13-17(19)5-1)9-11-25-27(23)28-24-16-20-8-4-2-6-18(20)14-22(24)10-12-26(28)29-25/h1-16H. The van der Waals surface area contributed by atoms with E-state index < -0.39 is 0 Å². The summed E-state index contributed by atoms with van der Waals surface area (Å²) in [6.07, 6.45) is 0. The Bertz CT molecular complexity index is 1620. The molecule has 0 bridgehead atoms. The Morgan fingerprint density at radius 2 is 0.793 bits per heavy atom. The van der Waals surface area contributed by atoms with Crippen LogP contribution in [0, 0.1) is 0 Å². The molecule has 1 heterocycles. The van der Waals surface area contributed by atoms with Crippen LogP contribution in [0.15, 0.2) is 97.1 Å². The Balaban J connectivity index is 1.75. The lowest BCUT2D eigenvalue weighted by molar-refractivity contribution is 1.80. The molecule has 0 aliphatic heterocycles. The molecule has 0 atom stereocenters. The minimum absolute atomic E-state index is 1.30. The summed E-state index contributed by atoms with van der Waals surface area (Å²) in [4.78, 5) is 0. The molecule has 7 aromatic rings. The summed E-state index contributed by atoms with van der Waals surface area (Å²) in [5, 5.41) is 13.3. The molecule has 0 radical (unpaired) electrons. The summed E-state index contributed by atoms with van der Waals surface area (Å²) < 4.78 is 2.73. The maximum atomic E-state index is 2.37. The van der Waals surface area contributed by atoms with Gasteiger partial charge < -0.3 is 0 Å². The van der Waals surface area contributed by atoms with E-state index in [1.165, 1.54) is 63.3 Å². The zero-order valence-corrected chi connectivity index (χ0v) is 16.5. The van der Waals surface area contributed by atoms with E-state index in [9.17, 15) is 0 Å². The zero-order valence-electron chi connectivity index (χ0n) is 15.6. The van der Waals surface area contributed by atoms with Gasteiger partial charge in [-0.25, -0.2) is 0 Å². The third kappa shape index (κ3) is 2.14. The van der Waals surface area contributed by atoms with Gasteiger partial charge in [-0.15, -0.1) is 11.3 Å². The largest absolute Gasteiger partial charge is 0.135 e. The van der Waals surface area contributed by atoms with Crippen molar-refractivity contribution in [3.8, 4) is 0 Å². The predicted octanol–water partition coefficient (Wildman–Crippen LogP) is 8.67. The Morgan fingerprint density at radius 1 is 0.379 bits per heavy atom. The van der Waals surface area contributed by atoms with Gasteiger partial charge in [-0.05, 0) is 79.5 Å². The first-order valence-corrected chi connectivity index (χ1v) is 10.8. The van der Waals surface area contributed by atoms with E-state index in [1.807, 2.05) is 11.3 Å². The molecule has 0 nitrogen and oxygen atoms in total. The van der Waals surface area contributed by atoms with Crippen molar-refractivity contribution in [1.29, 1.82) is 0 Å². The van der Waals surface area contributed by atoms with E-state index in [0.717, 1.165) is 0 Å². The SMILES string of the molecule is c1ccc2cc3c(ccc4sc5ccc6cc7ccccc7cc6c5c43)cc2c1. The van der Waals surface area contributed by atoms with Crippen molar-refractivity contribution in [2.45, 2.75) is 0 Å². The van der Waals surface area contributed by atoms with Crippen molar-refractivity contribution < 1.29 is 0 Å². The molecule has 0 spiro atoms. The lowest BCUT2D eigenvalue weighted by atomic mass is 9.96. The minimum Gasteiger partial charge on any atom is -0.135 e. The van der Waals surface area contributed by atoms with Gasteiger partial charge in [0.15, 0.2) is 0 Å². The van der Waals surface area contributed by atoms with Gasteiger partial charge in [0.2, 0.25) is 0 Å². The van der Waals surface area contributed by atoms with Crippen molar-refractivity contribution in [2.75, 3.05) is 0 Å². The number of fused-ring (bicyclic) bond motifs is 9. The number of hydrogen-bond donors (Lipinski definition) is 0. The van der Waals surface area contributed by atoms with Crippen molar-refractivity contribution in [3.63, 3.8) is 0 Å². The smallest absolute Gasteiger partial charge is 0.0362 e. The number of benzene rings is 6. The first-order chi connectivity index (χ1) is 14.3. The zero-order chi connectivity index (χ0) is 18.9. The maximum Gasteiger partial charge on any atom is 0.0362 e. The van der Waals surface area contributed by atoms with Crippen LogP contribution in [0.3, 0.4) is 0 Å². The van der Waals surface area contributed by atoms with Crippen molar-refractivity contribution in [1.82, 2.24) is 0 Å².